The Balaban J connectivity index is 1.30. The minimum absolute atomic E-state index is 0.0681. The first-order valence-corrected chi connectivity index (χ1v) is 9.85. The number of piperidine rings is 1. The van der Waals surface area contributed by atoms with E-state index in [-0.39, 0.29) is 30.1 Å². The number of hydrogen-bond donors (Lipinski definition) is 2. The van der Waals surface area contributed by atoms with E-state index in [4.69, 9.17) is 11.6 Å². The highest BCUT2D eigenvalue weighted by molar-refractivity contribution is 6.33. The van der Waals surface area contributed by atoms with Crippen LogP contribution >= 0.6 is 11.6 Å². The highest BCUT2D eigenvalue weighted by atomic mass is 35.5. The van der Waals surface area contributed by atoms with Crippen molar-refractivity contribution in [3.05, 3.63) is 64.7 Å². The number of likely N-dealkylation sites (tertiary alicyclic amines) is 1. The van der Waals surface area contributed by atoms with Crippen molar-refractivity contribution in [1.29, 1.82) is 0 Å². The number of imidazole rings is 1. The Morgan fingerprint density at radius 2 is 1.97 bits per heavy atom. The van der Waals surface area contributed by atoms with Gasteiger partial charge >= 0.3 is 0 Å². The van der Waals surface area contributed by atoms with E-state index in [1.165, 1.54) is 12.1 Å². The van der Waals surface area contributed by atoms with E-state index in [9.17, 15) is 14.0 Å². The fourth-order valence-corrected chi connectivity index (χ4v) is 3.80. The molecule has 2 N–H and O–H groups in total. The molecule has 0 aliphatic carbocycles. The summed E-state index contributed by atoms with van der Waals surface area (Å²) in [6.07, 6.45) is 1.18. The van der Waals surface area contributed by atoms with E-state index in [0.717, 1.165) is 0 Å². The molecular weight excluding hydrogens is 395 g/mol. The third-order valence-electron chi connectivity index (χ3n) is 5.18. The van der Waals surface area contributed by atoms with Gasteiger partial charge in [0.2, 0.25) is 5.91 Å². The second kappa shape index (κ2) is 8.21. The van der Waals surface area contributed by atoms with Gasteiger partial charge in [-0.25, -0.2) is 9.37 Å². The van der Waals surface area contributed by atoms with E-state index in [1.807, 2.05) is 0 Å². The Labute approximate surface area is 172 Å². The van der Waals surface area contributed by atoms with E-state index in [1.54, 1.807) is 35.2 Å². The van der Waals surface area contributed by atoms with Crippen LogP contribution in [0.1, 0.15) is 29.0 Å². The molecule has 0 unspecified atom stereocenters. The second-order valence-electron chi connectivity index (χ2n) is 7.11. The second-order valence-corrected chi connectivity index (χ2v) is 7.52. The van der Waals surface area contributed by atoms with Gasteiger partial charge in [0.15, 0.2) is 0 Å². The maximum absolute atomic E-state index is 13.3. The summed E-state index contributed by atoms with van der Waals surface area (Å²) in [7, 11) is 0. The zero-order valence-corrected chi connectivity index (χ0v) is 16.4. The Morgan fingerprint density at radius 1 is 1.21 bits per heavy atom. The highest BCUT2D eigenvalue weighted by Gasteiger charge is 2.28. The van der Waals surface area contributed by atoms with Gasteiger partial charge in [-0.1, -0.05) is 23.7 Å². The number of rotatable bonds is 4. The van der Waals surface area contributed by atoms with Crippen LogP contribution in [0.2, 0.25) is 5.02 Å². The fraction of sp³-hybridized carbons (Fsp3) is 0.286. The van der Waals surface area contributed by atoms with Crippen LogP contribution in [0.5, 0.6) is 0 Å². The van der Waals surface area contributed by atoms with Gasteiger partial charge in [-0.15, -0.1) is 0 Å². The number of aromatic nitrogens is 2. The molecule has 1 aliphatic rings. The maximum Gasteiger partial charge on any atom is 0.255 e. The lowest BCUT2D eigenvalue weighted by Crippen LogP contribution is -2.43. The summed E-state index contributed by atoms with van der Waals surface area (Å²) in [5.41, 5.74) is 1.74. The summed E-state index contributed by atoms with van der Waals surface area (Å²) >= 11 is 6.11. The monoisotopic (exact) mass is 414 g/mol. The molecule has 0 bridgehead atoms. The average Bonchev–Trinajstić information content (AvgIpc) is 3.14. The number of hydrogen-bond acceptors (Lipinski definition) is 3. The van der Waals surface area contributed by atoms with Gasteiger partial charge in [0.25, 0.3) is 5.91 Å². The number of nitrogens with one attached hydrogen (secondary N) is 2. The number of carbonyl (C=O) groups excluding carboxylic acids is 2. The highest BCUT2D eigenvalue weighted by Crippen LogP contribution is 2.22. The molecule has 0 atom stereocenters. The van der Waals surface area contributed by atoms with Crippen molar-refractivity contribution in [3.8, 4) is 0 Å². The van der Waals surface area contributed by atoms with Gasteiger partial charge in [-0.3, -0.25) is 9.59 Å². The first-order valence-electron chi connectivity index (χ1n) is 9.47. The van der Waals surface area contributed by atoms with Crippen LogP contribution < -0.4 is 5.32 Å². The molecule has 4 rings (SSSR count). The summed E-state index contributed by atoms with van der Waals surface area (Å²) in [5.74, 6) is -0.0994. The number of benzene rings is 2. The minimum Gasteiger partial charge on any atom is -0.349 e. The SMILES string of the molecule is O=C(NCc1nc2ccc(F)cc2[nH]1)C1CCN(C(=O)c2ccccc2Cl)CC1. The predicted molar refractivity (Wildman–Crippen MR) is 108 cm³/mol. The van der Waals surface area contributed by atoms with Crippen molar-refractivity contribution >= 4 is 34.4 Å². The number of nitrogens with zero attached hydrogens (tertiary/aromatic N) is 2. The molecule has 6 nitrogen and oxygen atoms in total. The van der Waals surface area contributed by atoms with Crippen molar-refractivity contribution in [3.63, 3.8) is 0 Å². The number of halogens is 2. The standard InChI is InChI=1S/C21H20ClFN4O2/c22-16-4-2-1-3-15(16)21(29)27-9-7-13(8-10-27)20(28)24-12-19-25-17-6-5-14(23)11-18(17)26-19/h1-6,11,13H,7-10,12H2,(H,24,28)(H,25,26). The Morgan fingerprint density at radius 3 is 2.72 bits per heavy atom. The molecule has 1 aromatic heterocycles. The van der Waals surface area contributed by atoms with Gasteiger partial charge in [0, 0.05) is 19.0 Å². The quantitative estimate of drug-likeness (QED) is 0.685. The van der Waals surface area contributed by atoms with E-state index in [2.05, 4.69) is 15.3 Å². The Kier molecular flexibility index (Phi) is 5.49. The molecule has 0 radical (unpaired) electrons. The number of H-pyrrole nitrogens is 1. The number of fused-ring (bicyclic) bond motifs is 1. The van der Waals surface area contributed by atoms with Gasteiger partial charge in [-0.2, -0.15) is 0 Å². The molecule has 2 aromatic carbocycles. The van der Waals surface area contributed by atoms with Crippen LogP contribution in [0.4, 0.5) is 4.39 Å². The molecule has 1 saturated heterocycles. The summed E-state index contributed by atoms with van der Waals surface area (Å²) in [4.78, 5) is 34.2. The van der Waals surface area contributed by atoms with Crippen molar-refractivity contribution < 1.29 is 14.0 Å². The fourth-order valence-electron chi connectivity index (χ4n) is 3.58. The van der Waals surface area contributed by atoms with Crippen LogP contribution in [-0.2, 0) is 11.3 Å². The van der Waals surface area contributed by atoms with E-state index in [0.29, 0.717) is 53.4 Å². The molecule has 2 amide bonds. The smallest absolute Gasteiger partial charge is 0.255 e. The van der Waals surface area contributed by atoms with Crippen LogP contribution in [-0.4, -0.2) is 39.8 Å². The Bertz CT molecular complexity index is 1060. The number of aromatic amines is 1. The van der Waals surface area contributed by atoms with Crippen LogP contribution in [0.15, 0.2) is 42.5 Å². The Hall–Kier alpha value is -2.93. The molecule has 3 aromatic rings. The van der Waals surface area contributed by atoms with Crippen LogP contribution in [0.25, 0.3) is 11.0 Å². The molecular formula is C21H20ClFN4O2. The first kappa shape index (κ1) is 19.4. The predicted octanol–water partition coefficient (Wildman–Crippen LogP) is 3.52. The lowest BCUT2D eigenvalue weighted by atomic mass is 9.95. The third kappa shape index (κ3) is 4.24. The summed E-state index contributed by atoms with van der Waals surface area (Å²) < 4.78 is 13.3. The average molecular weight is 415 g/mol. The first-order chi connectivity index (χ1) is 14.0. The molecule has 2 heterocycles. The largest absolute Gasteiger partial charge is 0.349 e. The van der Waals surface area contributed by atoms with Gasteiger partial charge in [0.05, 0.1) is 28.2 Å². The lowest BCUT2D eigenvalue weighted by Gasteiger charge is -2.31. The molecule has 1 fully saturated rings. The minimum atomic E-state index is -0.338. The topological polar surface area (TPSA) is 78.1 Å². The zero-order chi connectivity index (χ0) is 20.4. The molecule has 1 aliphatic heterocycles. The normalized spacial score (nSPS) is 14.9. The molecule has 29 heavy (non-hydrogen) atoms. The van der Waals surface area contributed by atoms with E-state index >= 15 is 0 Å². The molecule has 8 heteroatoms. The third-order valence-corrected chi connectivity index (χ3v) is 5.51. The van der Waals surface area contributed by atoms with Gasteiger partial charge in [-0.05, 0) is 43.2 Å². The van der Waals surface area contributed by atoms with Gasteiger partial charge < -0.3 is 15.2 Å². The number of carbonyl (C=O) groups is 2. The summed E-state index contributed by atoms with van der Waals surface area (Å²) in [6, 6.07) is 11.3. The molecule has 0 spiro atoms. The van der Waals surface area contributed by atoms with E-state index < -0.39 is 0 Å². The maximum atomic E-state index is 13.3. The van der Waals surface area contributed by atoms with Crippen molar-refractivity contribution in [2.24, 2.45) is 5.92 Å². The van der Waals surface area contributed by atoms with Crippen LogP contribution in [0.3, 0.4) is 0 Å². The summed E-state index contributed by atoms with van der Waals surface area (Å²) in [6.45, 7) is 1.26. The molecule has 150 valence electrons. The number of amides is 2. The van der Waals surface area contributed by atoms with Crippen molar-refractivity contribution in [2.45, 2.75) is 19.4 Å². The van der Waals surface area contributed by atoms with Crippen molar-refractivity contribution in [1.82, 2.24) is 20.2 Å². The van der Waals surface area contributed by atoms with Gasteiger partial charge in [0.1, 0.15) is 11.6 Å². The lowest BCUT2D eigenvalue weighted by molar-refractivity contribution is -0.126. The van der Waals surface area contributed by atoms with Crippen molar-refractivity contribution in [2.75, 3.05) is 13.1 Å². The van der Waals surface area contributed by atoms with Crippen LogP contribution in [0, 0.1) is 11.7 Å². The zero-order valence-electron chi connectivity index (χ0n) is 15.6. The summed E-state index contributed by atoms with van der Waals surface area (Å²) in [5, 5.41) is 3.31. The molecule has 0 saturated carbocycles.